The summed E-state index contributed by atoms with van der Waals surface area (Å²) in [6.07, 6.45) is 2.11. The highest BCUT2D eigenvalue weighted by Gasteiger charge is 2.20. The largest absolute Gasteiger partial charge is 0.388 e. The summed E-state index contributed by atoms with van der Waals surface area (Å²) in [4.78, 5) is 7.92. The quantitative estimate of drug-likeness (QED) is 0.863. The van der Waals surface area contributed by atoms with Crippen LogP contribution in [0.3, 0.4) is 0 Å². The van der Waals surface area contributed by atoms with E-state index in [1.807, 2.05) is 13.8 Å². The van der Waals surface area contributed by atoms with Gasteiger partial charge in [-0.1, -0.05) is 18.3 Å². The van der Waals surface area contributed by atoms with Crippen molar-refractivity contribution in [1.29, 1.82) is 0 Å². The summed E-state index contributed by atoms with van der Waals surface area (Å²) >= 11 is 1.64. The molecular weight excluding hydrogens is 220 g/mol. The summed E-state index contributed by atoms with van der Waals surface area (Å²) in [5.74, 6) is 0.841. The second-order valence-electron chi connectivity index (χ2n) is 4.79. The SMILES string of the molecule is Cc1nc(N2CCC(C)CC2)sc1C(C)O. The van der Waals surface area contributed by atoms with Gasteiger partial charge in [0.05, 0.1) is 16.7 Å². The van der Waals surface area contributed by atoms with Gasteiger partial charge in [0.1, 0.15) is 0 Å². The maximum Gasteiger partial charge on any atom is 0.185 e. The number of aliphatic hydroxyl groups is 1. The van der Waals surface area contributed by atoms with Crippen LogP contribution in [0.2, 0.25) is 0 Å². The van der Waals surface area contributed by atoms with Gasteiger partial charge in [-0.2, -0.15) is 0 Å². The van der Waals surface area contributed by atoms with E-state index in [1.54, 1.807) is 11.3 Å². The Hall–Kier alpha value is -0.610. The number of aryl methyl sites for hydroxylation is 1. The minimum atomic E-state index is -0.394. The topological polar surface area (TPSA) is 36.4 Å². The molecule has 1 aliphatic rings. The average Bonchev–Trinajstić information content (AvgIpc) is 2.61. The molecular formula is C12H20N2OS. The van der Waals surface area contributed by atoms with E-state index >= 15 is 0 Å². The lowest BCUT2D eigenvalue weighted by atomic mass is 10.00. The van der Waals surface area contributed by atoms with E-state index in [9.17, 15) is 5.11 Å². The van der Waals surface area contributed by atoms with Gasteiger partial charge >= 0.3 is 0 Å². The Kier molecular flexibility index (Phi) is 3.50. The summed E-state index contributed by atoms with van der Waals surface area (Å²) in [6.45, 7) is 8.31. The molecule has 1 aromatic rings. The third-order valence-corrected chi connectivity index (χ3v) is 4.64. The van der Waals surface area contributed by atoms with Crippen LogP contribution in [0.4, 0.5) is 5.13 Å². The highest BCUT2D eigenvalue weighted by Crippen LogP contribution is 2.32. The Labute approximate surface area is 101 Å². The zero-order valence-electron chi connectivity index (χ0n) is 10.2. The standard InChI is InChI=1S/C12H20N2OS/c1-8-4-6-14(7-5-8)12-13-9(2)11(16-12)10(3)15/h8,10,15H,4-7H2,1-3H3. The molecule has 0 spiro atoms. The van der Waals surface area contributed by atoms with Gasteiger partial charge in [-0.25, -0.2) is 4.98 Å². The Morgan fingerprint density at radius 1 is 1.44 bits per heavy atom. The predicted octanol–water partition coefficient (Wildman–Crippen LogP) is 2.74. The van der Waals surface area contributed by atoms with Crippen molar-refractivity contribution in [2.24, 2.45) is 5.92 Å². The van der Waals surface area contributed by atoms with Crippen LogP contribution in [0, 0.1) is 12.8 Å². The first-order valence-corrected chi connectivity index (χ1v) is 6.80. The fraction of sp³-hybridized carbons (Fsp3) is 0.750. The van der Waals surface area contributed by atoms with Gasteiger partial charge in [0.2, 0.25) is 0 Å². The number of rotatable bonds is 2. The van der Waals surface area contributed by atoms with Gasteiger partial charge < -0.3 is 10.0 Å². The van der Waals surface area contributed by atoms with Gasteiger partial charge in [-0.05, 0) is 32.6 Å². The van der Waals surface area contributed by atoms with Gasteiger partial charge in [0, 0.05) is 13.1 Å². The number of anilines is 1. The molecule has 0 bridgehead atoms. The molecule has 1 aliphatic heterocycles. The zero-order chi connectivity index (χ0) is 11.7. The molecule has 0 amide bonds. The molecule has 0 aromatic carbocycles. The molecule has 3 nitrogen and oxygen atoms in total. The Morgan fingerprint density at radius 3 is 2.56 bits per heavy atom. The van der Waals surface area contributed by atoms with E-state index in [4.69, 9.17) is 0 Å². The van der Waals surface area contributed by atoms with Crippen LogP contribution < -0.4 is 4.90 Å². The molecule has 16 heavy (non-hydrogen) atoms. The van der Waals surface area contributed by atoms with E-state index in [0.29, 0.717) is 0 Å². The molecule has 2 heterocycles. The molecule has 1 saturated heterocycles. The lowest BCUT2D eigenvalue weighted by molar-refractivity contribution is 0.202. The van der Waals surface area contributed by atoms with Crippen LogP contribution in [0.15, 0.2) is 0 Å². The Balaban J connectivity index is 2.12. The molecule has 2 rings (SSSR count). The first kappa shape index (κ1) is 11.9. The first-order chi connectivity index (χ1) is 7.58. The molecule has 0 saturated carbocycles. The van der Waals surface area contributed by atoms with E-state index < -0.39 is 6.10 Å². The van der Waals surface area contributed by atoms with Crippen LogP contribution >= 0.6 is 11.3 Å². The molecule has 90 valence electrons. The van der Waals surface area contributed by atoms with Gasteiger partial charge in [-0.3, -0.25) is 0 Å². The van der Waals surface area contributed by atoms with Crippen molar-refractivity contribution in [1.82, 2.24) is 4.98 Å². The maximum absolute atomic E-state index is 9.61. The van der Waals surface area contributed by atoms with E-state index in [2.05, 4.69) is 16.8 Å². The number of nitrogens with zero attached hydrogens (tertiary/aromatic N) is 2. The van der Waals surface area contributed by atoms with Crippen molar-refractivity contribution in [2.75, 3.05) is 18.0 Å². The van der Waals surface area contributed by atoms with Crippen molar-refractivity contribution >= 4 is 16.5 Å². The summed E-state index contributed by atoms with van der Waals surface area (Å²) in [5.41, 5.74) is 0.980. The maximum atomic E-state index is 9.61. The normalized spacial score (nSPS) is 20.1. The number of thiazole rings is 1. The molecule has 0 radical (unpaired) electrons. The number of aliphatic hydroxyl groups excluding tert-OH is 1. The molecule has 0 aliphatic carbocycles. The molecule has 1 aromatic heterocycles. The predicted molar refractivity (Wildman–Crippen MR) is 68.1 cm³/mol. The van der Waals surface area contributed by atoms with Crippen molar-refractivity contribution in [2.45, 2.75) is 39.7 Å². The number of piperidine rings is 1. The lowest BCUT2D eigenvalue weighted by Gasteiger charge is -2.29. The fourth-order valence-corrected chi connectivity index (χ4v) is 3.17. The zero-order valence-corrected chi connectivity index (χ0v) is 11.0. The first-order valence-electron chi connectivity index (χ1n) is 5.98. The van der Waals surface area contributed by atoms with Gasteiger partial charge in [0.25, 0.3) is 0 Å². The van der Waals surface area contributed by atoms with Crippen molar-refractivity contribution in [3.8, 4) is 0 Å². The van der Waals surface area contributed by atoms with E-state index in [1.165, 1.54) is 12.8 Å². The van der Waals surface area contributed by atoms with Crippen LogP contribution in [-0.2, 0) is 0 Å². The lowest BCUT2D eigenvalue weighted by Crippen LogP contribution is -2.32. The van der Waals surface area contributed by atoms with Crippen LogP contribution in [0.1, 0.15) is 43.4 Å². The summed E-state index contributed by atoms with van der Waals surface area (Å²) in [5, 5.41) is 10.7. The number of aromatic nitrogens is 1. The smallest absolute Gasteiger partial charge is 0.185 e. The van der Waals surface area contributed by atoms with E-state index in [0.717, 1.165) is 34.7 Å². The highest BCUT2D eigenvalue weighted by molar-refractivity contribution is 7.15. The molecule has 4 heteroatoms. The Morgan fingerprint density at radius 2 is 2.06 bits per heavy atom. The fourth-order valence-electron chi connectivity index (χ4n) is 2.12. The summed E-state index contributed by atoms with van der Waals surface area (Å²) < 4.78 is 0. The Bertz CT molecular complexity index is 354. The van der Waals surface area contributed by atoms with Crippen molar-refractivity contribution in [3.63, 3.8) is 0 Å². The molecule has 1 unspecified atom stereocenters. The third kappa shape index (κ3) is 2.38. The summed E-state index contributed by atoms with van der Waals surface area (Å²) in [7, 11) is 0. The van der Waals surface area contributed by atoms with Crippen LogP contribution in [0.25, 0.3) is 0 Å². The molecule has 1 N–H and O–H groups in total. The van der Waals surface area contributed by atoms with Gasteiger partial charge in [-0.15, -0.1) is 0 Å². The second kappa shape index (κ2) is 4.72. The summed E-state index contributed by atoms with van der Waals surface area (Å²) in [6, 6.07) is 0. The molecule has 1 fully saturated rings. The minimum Gasteiger partial charge on any atom is -0.388 e. The van der Waals surface area contributed by atoms with Crippen LogP contribution in [-0.4, -0.2) is 23.2 Å². The monoisotopic (exact) mass is 240 g/mol. The van der Waals surface area contributed by atoms with Crippen molar-refractivity contribution in [3.05, 3.63) is 10.6 Å². The van der Waals surface area contributed by atoms with Crippen molar-refractivity contribution < 1.29 is 5.11 Å². The van der Waals surface area contributed by atoms with Crippen LogP contribution in [0.5, 0.6) is 0 Å². The minimum absolute atomic E-state index is 0.394. The second-order valence-corrected chi connectivity index (χ2v) is 5.80. The van der Waals surface area contributed by atoms with Gasteiger partial charge in [0.15, 0.2) is 5.13 Å². The van der Waals surface area contributed by atoms with E-state index in [-0.39, 0.29) is 0 Å². The average molecular weight is 240 g/mol. The number of hydrogen-bond acceptors (Lipinski definition) is 4. The molecule has 1 atom stereocenters. The third-order valence-electron chi connectivity index (χ3n) is 3.25. The number of hydrogen-bond donors (Lipinski definition) is 1. The highest BCUT2D eigenvalue weighted by atomic mass is 32.1.